The van der Waals surface area contributed by atoms with Crippen LogP contribution >= 0.6 is 0 Å². The molecule has 1 N–H and O–H groups in total. The third-order valence-corrected chi connectivity index (χ3v) is 2.09. The summed E-state index contributed by atoms with van der Waals surface area (Å²) in [6.07, 6.45) is 0.0381. The molecule has 0 aliphatic heterocycles. The Kier molecular flexibility index (Phi) is 6.12. The number of hydrogen-bond acceptors (Lipinski definition) is 4. The maximum absolute atomic E-state index is 11.1. The van der Waals surface area contributed by atoms with Gasteiger partial charge in [0, 0.05) is 18.9 Å². The predicted molar refractivity (Wildman–Crippen MR) is 51.7 cm³/mol. The number of aliphatic hydroxyl groups is 1. The van der Waals surface area contributed by atoms with Crippen molar-refractivity contribution in [1.82, 2.24) is 0 Å². The summed E-state index contributed by atoms with van der Waals surface area (Å²) in [5.74, 6) is -0.478. The molecule has 0 aromatic rings. The highest BCUT2D eigenvalue weighted by molar-refractivity contribution is 5.81. The van der Waals surface area contributed by atoms with Crippen LogP contribution in [0.3, 0.4) is 0 Å². The molecule has 0 spiro atoms. The molecule has 82 valence electrons. The third-order valence-electron chi connectivity index (χ3n) is 2.09. The second-order valence-corrected chi connectivity index (χ2v) is 3.56. The fraction of sp³-hybridized carbons (Fsp3) is 0.800. The topological polar surface area (TPSA) is 63.6 Å². The Bertz CT molecular complexity index is 200. The molecule has 0 fully saturated rings. The number of carbonyl (C=O) groups excluding carboxylic acids is 2. The van der Waals surface area contributed by atoms with E-state index in [0.717, 1.165) is 0 Å². The SMILES string of the molecule is CC(=O)CCC(=O)OC(C)C(C)CO. The number of aliphatic hydroxyl groups excluding tert-OH is 1. The van der Waals surface area contributed by atoms with E-state index in [-0.39, 0.29) is 43.2 Å². The highest BCUT2D eigenvalue weighted by Crippen LogP contribution is 2.07. The van der Waals surface area contributed by atoms with E-state index in [4.69, 9.17) is 9.84 Å². The van der Waals surface area contributed by atoms with Crippen LogP contribution in [0.15, 0.2) is 0 Å². The van der Waals surface area contributed by atoms with Crippen LogP contribution in [0.2, 0.25) is 0 Å². The van der Waals surface area contributed by atoms with Crippen LogP contribution in [0, 0.1) is 5.92 Å². The number of esters is 1. The van der Waals surface area contributed by atoms with Gasteiger partial charge in [-0.3, -0.25) is 4.79 Å². The highest BCUT2D eigenvalue weighted by Gasteiger charge is 2.15. The molecule has 0 aromatic carbocycles. The fourth-order valence-corrected chi connectivity index (χ4v) is 0.809. The first-order valence-corrected chi connectivity index (χ1v) is 4.77. The predicted octanol–water partition coefficient (Wildman–Crippen LogP) is 0.916. The number of rotatable bonds is 6. The van der Waals surface area contributed by atoms with Crippen molar-refractivity contribution in [3.8, 4) is 0 Å². The van der Waals surface area contributed by atoms with Gasteiger partial charge in [-0.25, -0.2) is 0 Å². The monoisotopic (exact) mass is 202 g/mol. The number of ketones is 1. The van der Waals surface area contributed by atoms with Gasteiger partial charge in [0.05, 0.1) is 6.42 Å². The molecule has 0 aromatic heterocycles. The van der Waals surface area contributed by atoms with E-state index in [1.165, 1.54) is 6.92 Å². The molecule has 0 saturated carbocycles. The van der Waals surface area contributed by atoms with Crippen molar-refractivity contribution in [3.63, 3.8) is 0 Å². The van der Waals surface area contributed by atoms with Gasteiger partial charge in [-0.15, -0.1) is 0 Å². The number of ether oxygens (including phenoxy) is 1. The number of hydrogen-bond donors (Lipinski definition) is 1. The van der Waals surface area contributed by atoms with Crippen LogP contribution < -0.4 is 0 Å². The molecular weight excluding hydrogens is 184 g/mol. The van der Waals surface area contributed by atoms with Gasteiger partial charge in [-0.2, -0.15) is 0 Å². The van der Waals surface area contributed by atoms with Crippen LogP contribution in [-0.2, 0) is 14.3 Å². The maximum Gasteiger partial charge on any atom is 0.306 e. The van der Waals surface area contributed by atoms with Crippen LogP contribution in [0.4, 0.5) is 0 Å². The summed E-state index contributed by atoms with van der Waals surface area (Å²) in [6.45, 7) is 4.95. The third kappa shape index (κ3) is 5.70. The Labute approximate surface area is 84.3 Å². The summed E-state index contributed by atoms with van der Waals surface area (Å²) in [7, 11) is 0. The summed E-state index contributed by atoms with van der Waals surface area (Å²) in [5, 5.41) is 8.79. The zero-order valence-electron chi connectivity index (χ0n) is 8.95. The Balaban J connectivity index is 3.76. The van der Waals surface area contributed by atoms with Crippen molar-refractivity contribution in [2.45, 2.75) is 39.7 Å². The zero-order valence-corrected chi connectivity index (χ0v) is 8.95. The normalized spacial score (nSPS) is 14.6. The molecule has 0 bridgehead atoms. The summed E-state index contributed by atoms with van der Waals surface area (Å²) in [6, 6.07) is 0. The summed E-state index contributed by atoms with van der Waals surface area (Å²) < 4.78 is 5.00. The molecule has 2 unspecified atom stereocenters. The highest BCUT2D eigenvalue weighted by atomic mass is 16.5. The fourth-order valence-electron chi connectivity index (χ4n) is 0.809. The largest absolute Gasteiger partial charge is 0.462 e. The molecule has 0 heterocycles. The average Bonchev–Trinajstić information content (AvgIpc) is 2.13. The van der Waals surface area contributed by atoms with Gasteiger partial charge < -0.3 is 14.6 Å². The lowest BCUT2D eigenvalue weighted by molar-refractivity contribution is -0.152. The van der Waals surface area contributed by atoms with Crippen molar-refractivity contribution in [2.24, 2.45) is 5.92 Å². The van der Waals surface area contributed by atoms with Gasteiger partial charge in [0.25, 0.3) is 0 Å². The van der Waals surface area contributed by atoms with Crippen molar-refractivity contribution < 1.29 is 19.4 Å². The van der Waals surface area contributed by atoms with Gasteiger partial charge in [0.1, 0.15) is 11.9 Å². The van der Waals surface area contributed by atoms with Gasteiger partial charge >= 0.3 is 5.97 Å². The van der Waals surface area contributed by atoms with Crippen molar-refractivity contribution in [1.29, 1.82) is 0 Å². The van der Waals surface area contributed by atoms with Crippen LogP contribution in [-0.4, -0.2) is 29.6 Å². The van der Waals surface area contributed by atoms with Crippen LogP contribution in [0.25, 0.3) is 0 Å². The lowest BCUT2D eigenvalue weighted by atomic mass is 10.1. The minimum Gasteiger partial charge on any atom is -0.462 e. The lowest BCUT2D eigenvalue weighted by Crippen LogP contribution is -2.24. The second kappa shape index (κ2) is 6.54. The van der Waals surface area contributed by atoms with Crippen molar-refractivity contribution >= 4 is 11.8 Å². The van der Waals surface area contributed by atoms with E-state index in [2.05, 4.69) is 0 Å². The van der Waals surface area contributed by atoms with E-state index >= 15 is 0 Å². The number of carbonyl (C=O) groups is 2. The Morgan fingerprint density at radius 1 is 1.29 bits per heavy atom. The molecule has 0 rings (SSSR count). The standard InChI is InChI=1S/C10H18O4/c1-7(6-11)9(3)14-10(13)5-4-8(2)12/h7,9,11H,4-6H2,1-3H3. The Morgan fingerprint density at radius 2 is 1.86 bits per heavy atom. The second-order valence-electron chi connectivity index (χ2n) is 3.56. The smallest absolute Gasteiger partial charge is 0.306 e. The maximum atomic E-state index is 11.1. The summed E-state index contributed by atoms with van der Waals surface area (Å²) in [4.78, 5) is 21.7. The molecule has 4 nitrogen and oxygen atoms in total. The van der Waals surface area contributed by atoms with Crippen LogP contribution in [0.1, 0.15) is 33.6 Å². The van der Waals surface area contributed by atoms with E-state index in [1.54, 1.807) is 13.8 Å². The minimum absolute atomic E-state index is 0.0127. The molecule has 0 aliphatic rings. The molecule has 2 atom stereocenters. The molecular formula is C10H18O4. The molecule has 0 amide bonds. The summed E-state index contributed by atoms with van der Waals surface area (Å²) in [5.41, 5.74) is 0. The van der Waals surface area contributed by atoms with Crippen molar-refractivity contribution in [3.05, 3.63) is 0 Å². The van der Waals surface area contributed by atoms with E-state index < -0.39 is 0 Å². The molecule has 0 radical (unpaired) electrons. The lowest BCUT2D eigenvalue weighted by Gasteiger charge is -2.17. The van der Waals surface area contributed by atoms with E-state index in [9.17, 15) is 9.59 Å². The first-order valence-electron chi connectivity index (χ1n) is 4.77. The van der Waals surface area contributed by atoms with Gasteiger partial charge in [0.15, 0.2) is 0 Å². The average molecular weight is 202 g/mol. The molecule has 0 saturated heterocycles. The summed E-state index contributed by atoms with van der Waals surface area (Å²) >= 11 is 0. The van der Waals surface area contributed by atoms with Gasteiger partial charge in [-0.1, -0.05) is 6.92 Å². The van der Waals surface area contributed by atoms with Crippen molar-refractivity contribution in [2.75, 3.05) is 6.61 Å². The Morgan fingerprint density at radius 3 is 2.29 bits per heavy atom. The first-order chi connectivity index (χ1) is 6.47. The van der Waals surface area contributed by atoms with Gasteiger partial charge in [0.2, 0.25) is 0 Å². The first kappa shape index (κ1) is 13.1. The minimum atomic E-state index is -0.381. The van der Waals surface area contributed by atoms with Crippen LogP contribution in [0.5, 0.6) is 0 Å². The molecule has 0 aliphatic carbocycles. The Hall–Kier alpha value is -0.900. The van der Waals surface area contributed by atoms with Gasteiger partial charge in [-0.05, 0) is 13.8 Å². The molecule has 14 heavy (non-hydrogen) atoms. The van der Waals surface area contributed by atoms with E-state index in [0.29, 0.717) is 0 Å². The zero-order chi connectivity index (χ0) is 11.1. The number of Topliss-reactive ketones (excluding diaryl/α,β-unsaturated/α-hetero) is 1. The molecule has 4 heteroatoms. The van der Waals surface area contributed by atoms with E-state index in [1.807, 2.05) is 0 Å². The quantitative estimate of drug-likeness (QED) is 0.650.